The molecule has 3 rings (SSSR count). The first-order valence-corrected chi connectivity index (χ1v) is 5.06. The Hall–Kier alpha value is -0.970. The third kappa shape index (κ3) is 2.34. The smallest absolute Gasteiger partial charge is 0.255 e. The van der Waals surface area contributed by atoms with Crippen molar-refractivity contribution in [2.24, 2.45) is 0 Å². The molecule has 4 nitrogen and oxygen atoms in total. The van der Waals surface area contributed by atoms with Crippen molar-refractivity contribution in [1.29, 1.82) is 0 Å². The number of hydrogen-bond acceptors (Lipinski definition) is 3. The van der Waals surface area contributed by atoms with E-state index in [0.29, 0.717) is 17.9 Å². The number of fused-ring (bicyclic) bond motifs is 1. The molecule has 2 heterocycles. The Bertz CT molecular complexity index is 422. The van der Waals surface area contributed by atoms with Gasteiger partial charge in [-0.25, -0.2) is 0 Å². The maximum Gasteiger partial charge on any atom is 0.255 e. The molecule has 1 fully saturated rings. The van der Waals surface area contributed by atoms with Crippen LogP contribution in [0.4, 0.5) is 0 Å². The van der Waals surface area contributed by atoms with Crippen LogP contribution < -0.4 is 15.4 Å². The molecule has 0 radical (unpaired) electrons. The van der Waals surface area contributed by atoms with E-state index in [4.69, 9.17) is 4.74 Å². The van der Waals surface area contributed by atoms with Gasteiger partial charge >= 0.3 is 0 Å². The number of amides is 1. The van der Waals surface area contributed by atoms with Crippen LogP contribution in [0.15, 0.2) is 24.3 Å². The van der Waals surface area contributed by atoms with E-state index in [9.17, 15) is 4.79 Å². The van der Waals surface area contributed by atoms with Crippen LogP contribution in [0.1, 0.15) is 10.4 Å². The van der Waals surface area contributed by atoms with Crippen molar-refractivity contribution >= 4 is 30.7 Å². The van der Waals surface area contributed by atoms with Crippen LogP contribution >= 0.6 is 24.8 Å². The fourth-order valence-electron chi connectivity index (χ4n) is 1.95. The summed E-state index contributed by atoms with van der Waals surface area (Å²) in [6, 6.07) is 7.37. The number of benzene rings is 1. The molecule has 17 heavy (non-hydrogen) atoms. The average molecular weight is 277 g/mol. The van der Waals surface area contributed by atoms with E-state index in [2.05, 4.69) is 10.6 Å². The van der Waals surface area contributed by atoms with E-state index in [0.717, 1.165) is 13.1 Å². The molecule has 1 aromatic carbocycles. The van der Waals surface area contributed by atoms with Gasteiger partial charge in [0, 0.05) is 13.1 Å². The Kier molecular flexibility index (Phi) is 4.25. The largest absolute Gasteiger partial charge is 0.482 e. The summed E-state index contributed by atoms with van der Waals surface area (Å²) >= 11 is 0. The monoisotopic (exact) mass is 276 g/mol. The predicted molar refractivity (Wildman–Crippen MR) is 69.5 cm³/mol. The van der Waals surface area contributed by atoms with Gasteiger partial charge < -0.3 is 15.4 Å². The summed E-state index contributed by atoms with van der Waals surface area (Å²) in [5.74, 6) is 0.642. The fourth-order valence-corrected chi connectivity index (χ4v) is 1.95. The highest BCUT2D eigenvalue weighted by Crippen LogP contribution is 2.27. The number of carbonyl (C=O) groups is 1. The minimum atomic E-state index is -0.234. The lowest BCUT2D eigenvalue weighted by atomic mass is 9.97. The van der Waals surface area contributed by atoms with Crippen molar-refractivity contribution in [1.82, 2.24) is 10.6 Å². The lowest BCUT2D eigenvalue weighted by molar-refractivity contribution is 0.0217. The molecule has 94 valence electrons. The van der Waals surface area contributed by atoms with Gasteiger partial charge in [-0.05, 0) is 12.1 Å². The summed E-state index contributed by atoms with van der Waals surface area (Å²) in [5.41, 5.74) is 0.392. The molecule has 2 aliphatic heterocycles. The van der Waals surface area contributed by atoms with Gasteiger partial charge in [-0.3, -0.25) is 4.79 Å². The van der Waals surface area contributed by atoms with Crippen LogP contribution in [-0.4, -0.2) is 31.1 Å². The second kappa shape index (κ2) is 5.12. The lowest BCUT2D eigenvalue weighted by Crippen LogP contribution is -2.67. The molecule has 1 saturated heterocycles. The van der Waals surface area contributed by atoms with E-state index in [1.54, 1.807) is 6.07 Å². The van der Waals surface area contributed by atoms with Gasteiger partial charge in [-0.15, -0.1) is 24.8 Å². The van der Waals surface area contributed by atoms with Crippen molar-refractivity contribution < 1.29 is 9.53 Å². The fraction of sp³-hybridized carbons (Fsp3) is 0.364. The van der Waals surface area contributed by atoms with Gasteiger partial charge in [0.05, 0.1) is 12.1 Å². The molecule has 2 aliphatic rings. The average Bonchev–Trinajstić information content (AvgIpc) is 2.36. The van der Waals surface area contributed by atoms with Crippen molar-refractivity contribution in [2.75, 3.05) is 19.6 Å². The highest BCUT2D eigenvalue weighted by molar-refractivity contribution is 5.97. The first-order valence-electron chi connectivity index (χ1n) is 5.06. The maximum absolute atomic E-state index is 11.7. The molecule has 0 atom stereocenters. The van der Waals surface area contributed by atoms with Gasteiger partial charge in [0.15, 0.2) is 5.60 Å². The second-order valence-corrected chi connectivity index (χ2v) is 4.07. The summed E-state index contributed by atoms with van der Waals surface area (Å²) in [6.45, 7) is 2.16. The summed E-state index contributed by atoms with van der Waals surface area (Å²) in [6.07, 6.45) is 0. The van der Waals surface area contributed by atoms with E-state index < -0.39 is 0 Å². The molecule has 2 N–H and O–H groups in total. The van der Waals surface area contributed by atoms with Crippen LogP contribution in [0.25, 0.3) is 0 Å². The number of rotatable bonds is 0. The minimum absolute atomic E-state index is 0. The summed E-state index contributed by atoms with van der Waals surface area (Å²) < 4.78 is 5.90. The number of nitrogens with one attached hydrogen (secondary N) is 2. The Morgan fingerprint density at radius 3 is 2.47 bits per heavy atom. The zero-order valence-electron chi connectivity index (χ0n) is 9.06. The van der Waals surface area contributed by atoms with Crippen molar-refractivity contribution in [3.05, 3.63) is 29.8 Å². The topological polar surface area (TPSA) is 50.4 Å². The van der Waals surface area contributed by atoms with Gasteiger partial charge in [0.25, 0.3) is 5.91 Å². The zero-order valence-corrected chi connectivity index (χ0v) is 10.7. The van der Waals surface area contributed by atoms with E-state index in [1.165, 1.54) is 0 Å². The molecule has 0 aromatic heterocycles. The van der Waals surface area contributed by atoms with Crippen molar-refractivity contribution in [3.8, 4) is 5.75 Å². The number of para-hydroxylation sites is 1. The van der Waals surface area contributed by atoms with Gasteiger partial charge in [-0.1, -0.05) is 12.1 Å². The van der Waals surface area contributed by atoms with Gasteiger partial charge in [0.2, 0.25) is 0 Å². The van der Waals surface area contributed by atoms with Crippen LogP contribution in [0.3, 0.4) is 0 Å². The maximum atomic E-state index is 11.7. The molecule has 0 unspecified atom stereocenters. The molecule has 1 spiro atoms. The third-order valence-electron chi connectivity index (χ3n) is 2.92. The normalized spacial score (nSPS) is 19.4. The number of halogens is 2. The van der Waals surface area contributed by atoms with Crippen LogP contribution in [0, 0.1) is 0 Å². The molecule has 6 heteroatoms. The lowest BCUT2D eigenvalue weighted by Gasteiger charge is -2.41. The predicted octanol–water partition coefficient (Wildman–Crippen LogP) is 0.994. The first-order chi connectivity index (χ1) is 7.29. The first kappa shape index (κ1) is 14.1. The molecule has 1 aromatic rings. The third-order valence-corrected chi connectivity index (χ3v) is 2.92. The van der Waals surface area contributed by atoms with E-state index >= 15 is 0 Å². The van der Waals surface area contributed by atoms with E-state index in [-0.39, 0.29) is 36.3 Å². The number of hydrogen-bond donors (Lipinski definition) is 2. The Morgan fingerprint density at radius 1 is 1.12 bits per heavy atom. The Morgan fingerprint density at radius 2 is 1.82 bits per heavy atom. The minimum Gasteiger partial charge on any atom is -0.482 e. The highest BCUT2D eigenvalue weighted by Gasteiger charge is 2.42. The standard InChI is InChI=1S/C11H12N2O2.2ClH/c14-10-8-3-1-2-4-9(8)15-11(7-13-10)5-12-6-11;;/h1-4,12H,5-7H2,(H,13,14);2*1H. The second-order valence-electron chi connectivity index (χ2n) is 4.07. The summed E-state index contributed by atoms with van der Waals surface area (Å²) in [4.78, 5) is 11.7. The van der Waals surface area contributed by atoms with Crippen LogP contribution in [0.5, 0.6) is 5.75 Å². The number of carbonyl (C=O) groups excluding carboxylic acids is 1. The SMILES string of the molecule is Cl.Cl.O=C1NCC2(CNC2)Oc2ccccc21. The zero-order chi connectivity index (χ0) is 10.3. The molecule has 0 aliphatic carbocycles. The van der Waals surface area contributed by atoms with Gasteiger partial charge in [0.1, 0.15) is 5.75 Å². The van der Waals surface area contributed by atoms with Crippen molar-refractivity contribution in [2.45, 2.75) is 5.60 Å². The quantitative estimate of drug-likeness (QED) is 0.743. The van der Waals surface area contributed by atoms with Crippen molar-refractivity contribution in [3.63, 3.8) is 0 Å². The summed E-state index contributed by atoms with van der Waals surface area (Å²) in [7, 11) is 0. The Labute approximate surface area is 112 Å². The molecular weight excluding hydrogens is 263 g/mol. The molecule has 0 saturated carbocycles. The highest BCUT2D eigenvalue weighted by atomic mass is 35.5. The van der Waals surface area contributed by atoms with E-state index in [1.807, 2.05) is 18.2 Å². The molecule has 1 amide bonds. The number of ether oxygens (including phenoxy) is 1. The van der Waals surface area contributed by atoms with Crippen LogP contribution in [-0.2, 0) is 0 Å². The van der Waals surface area contributed by atoms with Crippen LogP contribution in [0.2, 0.25) is 0 Å². The Balaban J connectivity index is 0.000000722. The molecular formula is C11H14Cl2N2O2. The summed E-state index contributed by atoms with van der Waals surface area (Å²) in [5, 5.41) is 6.06. The molecule has 0 bridgehead atoms. The van der Waals surface area contributed by atoms with Gasteiger partial charge in [-0.2, -0.15) is 0 Å².